The quantitative estimate of drug-likeness (QED) is 0.172. The van der Waals surface area contributed by atoms with Gasteiger partial charge in [-0.1, -0.05) is 0 Å². The maximum atomic E-state index is 5.83. The van der Waals surface area contributed by atoms with E-state index in [1.54, 1.807) is 0 Å². The van der Waals surface area contributed by atoms with Crippen LogP contribution in [-0.2, 0) is 3.63 Å². The molecule has 2 rings (SSSR count). The van der Waals surface area contributed by atoms with Crippen molar-refractivity contribution in [3.8, 4) is 0 Å². The highest BCUT2D eigenvalue weighted by Crippen LogP contribution is 2.52. The lowest BCUT2D eigenvalue weighted by molar-refractivity contribution is 0.753. The molecule has 0 bridgehead atoms. The molecule has 0 N–H and O–H groups in total. The molecule has 2 aromatic carbocycles. The van der Waals surface area contributed by atoms with Crippen LogP contribution in [0.5, 0.6) is 0 Å². The van der Waals surface area contributed by atoms with Gasteiger partial charge in [0.25, 0.3) is 0 Å². The first-order chi connectivity index (χ1) is 11.6. The topological polar surface area (TPSA) is 9.23 Å². The van der Waals surface area contributed by atoms with E-state index >= 15 is 0 Å². The fourth-order valence-electron chi connectivity index (χ4n) is 1.40. The Labute approximate surface area is 237 Å². The van der Waals surface area contributed by atoms with Crippen molar-refractivity contribution in [2.24, 2.45) is 0 Å². The van der Waals surface area contributed by atoms with Crippen molar-refractivity contribution in [3.05, 3.63) is 44.7 Å². The molecule has 0 amide bonds. The van der Waals surface area contributed by atoms with Crippen molar-refractivity contribution in [1.82, 2.24) is 0 Å². The SMILES string of the molecule is Brc1c(Br)c(Br)c(SOSc2c(Br)c(Br)c(Br)c(Br)c2Br)c(Br)c1Br. The van der Waals surface area contributed by atoms with Crippen LogP contribution in [0.25, 0.3) is 0 Å². The Kier molecular flexibility index (Phi) is 11.0. The molecule has 136 valence electrons. The summed E-state index contributed by atoms with van der Waals surface area (Å²) in [6, 6.07) is 0. The fraction of sp³-hybridized carbons (Fsp3) is 0. The first-order valence-electron chi connectivity index (χ1n) is 5.63. The molecule has 0 aliphatic carbocycles. The lowest BCUT2D eigenvalue weighted by atomic mass is 10.4. The molecule has 0 saturated carbocycles. The third-order valence-electron chi connectivity index (χ3n) is 2.57. The summed E-state index contributed by atoms with van der Waals surface area (Å²) in [6.45, 7) is 0. The lowest BCUT2D eigenvalue weighted by Gasteiger charge is -2.14. The van der Waals surface area contributed by atoms with Gasteiger partial charge in [0, 0.05) is 50.9 Å². The Morgan fingerprint density at radius 2 is 0.560 bits per heavy atom. The summed E-state index contributed by atoms with van der Waals surface area (Å²) in [6.07, 6.45) is 0. The molecule has 0 unspecified atom stereocenters. The van der Waals surface area contributed by atoms with E-state index in [1.807, 2.05) is 0 Å². The molecular weight excluding hydrogens is 1020 g/mol. The molecular formula is C12Br10OS2. The van der Waals surface area contributed by atoms with Gasteiger partial charge in [-0.25, -0.2) is 3.63 Å². The summed E-state index contributed by atoms with van der Waals surface area (Å²) in [7, 11) is 0. The van der Waals surface area contributed by atoms with E-state index in [2.05, 4.69) is 159 Å². The first-order valence-corrected chi connectivity index (χ1v) is 15.0. The van der Waals surface area contributed by atoms with Crippen molar-refractivity contribution in [1.29, 1.82) is 0 Å². The van der Waals surface area contributed by atoms with Crippen LogP contribution in [0.2, 0.25) is 0 Å². The first kappa shape index (κ1) is 25.2. The summed E-state index contributed by atoms with van der Waals surface area (Å²) >= 11 is 38.1. The van der Waals surface area contributed by atoms with Crippen LogP contribution in [-0.4, -0.2) is 0 Å². The van der Waals surface area contributed by atoms with Crippen LogP contribution in [0.4, 0.5) is 0 Å². The maximum Gasteiger partial charge on any atom is 0.0674 e. The molecule has 0 fully saturated rings. The Morgan fingerprint density at radius 1 is 0.360 bits per heavy atom. The van der Waals surface area contributed by atoms with Gasteiger partial charge in [-0.2, -0.15) is 0 Å². The highest BCUT2D eigenvalue weighted by atomic mass is 79.9. The van der Waals surface area contributed by atoms with E-state index in [1.165, 1.54) is 24.1 Å². The summed E-state index contributed by atoms with van der Waals surface area (Å²) in [5.74, 6) is 0. The standard InChI is InChI=1S/C12Br10OS2/c13-1-3(15)7(19)11(8(20)4(1)16)24-23-25-12-9(21)5(17)2(14)6(18)10(12)22. The highest BCUT2D eigenvalue weighted by molar-refractivity contribution is 9.16. The average Bonchev–Trinajstić information content (AvgIpc) is 2.60. The van der Waals surface area contributed by atoms with Gasteiger partial charge in [-0.15, -0.1) is 0 Å². The number of hydrogen-bond donors (Lipinski definition) is 0. The van der Waals surface area contributed by atoms with Gasteiger partial charge in [-0.3, -0.25) is 0 Å². The third-order valence-corrected chi connectivity index (χ3v) is 17.5. The minimum atomic E-state index is 0.886. The van der Waals surface area contributed by atoms with Gasteiger partial charge in [0.2, 0.25) is 0 Å². The Bertz CT molecular complexity index is 729. The molecule has 0 heterocycles. The minimum absolute atomic E-state index is 0.886. The number of rotatable bonds is 4. The van der Waals surface area contributed by atoms with Crippen molar-refractivity contribution < 1.29 is 3.63 Å². The van der Waals surface area contributed by atoms with Crippen molar-refractivity contribution in [2.75, 3.05) is 0 Å². The second-order valence-electron chi connectivity index (χ2n) is 4.03. The zero-order chi connectivity index (χ0) is 19.0. The second-order valence-corrected chi connectivity index (χ2v) is 13.7. The summed E-state index contributed by atoms with van der Waals surface area (Å²) in [5.41, 5.74) is 0. The highest BCUT2D eigenvalue weighted by Gasteiger charge is 2.21. The van der Waals surface area contributed by atoms with Crippen LogP contribution in [0, 0.1) is 0 Å². The van der Waals surface area contributed by atoms with Crippen LogP contribution in [0.15, 0.2) is 54.5 Å². The molecule has 0 radical (unpaired) electrons. The molecule has 2 aromatic rings. The van der Waals surface area contributed by atoms with E-state index in [0.717, 1.165) is 54.5 Å². The summed E-state index contributed by atoms with van der Waals surface area (Å²) < 4.78 is 14.8. The monoisotopic (exact) mass is 1010 g/mol. The summed E-state index contributed by atoms with van der Waals surface area (Å²) in [4.78, 5) is 1.80. The van der Waals surface area contributed by atoms with Crippen LogP contribution >= 0.6 is 183 Å². The number of benzene rings is 2. The van der Waals surface area contributed by atoms with E-state index < -0.39 is 0 Å². The molecule has 0 atom stereocenters. The Hall–Kier alpha value is 3.90. The Morgan fingerprint density at radius 3 is 0.800 bits per heavy atom. The lowest BCUT2D eigenvalue weighted by Crippen LogP contribution is -1.87. The van der Waals surface area contributed by atoms with E-state index in [0.29, 0.717) is 0 Å². The van der Waals surface area contributed by atoms with Gasteiger partial charge >= 0.3 is 0 Å². The van der Waals surface area contributed by atoms with Crippen LogP contribution in [0.1, 0.15) is 0 Å². The zero-order valence-electron chi connectivity index (χ0n) is 11.0. The number of hydrogen-bond acceptors (Lipinski definition) is 3. The molecule has 13 heteroatoms. The normalized spacial score (nSPS) is 11.3. The maximum absolute atomic E-state index is 5.83. The predicted molar refractivity (Wildman–Crippen MR) is 143 cm³/mol. The molecule has 0 saturated heterocycles. The fourth-order valence-corrected chi connectivity index (χ4v) is 10.2. The summed E-state index contributed by atoms with van der Waals surface area (Å²) in [5, 5.41) is 0. The van der Waals surface area contributed by atoms with Gasteiger partial charge in [0.05, 0.1) is 27.7 Å². The van der Waals surface area contributed by atoms with Gasteiger partial charge in [0.15, 0.2) is 0 Å². The van der Waals surface area contributed by atoms with Crippen molar-refractivity contribution in [3.63, 3.8) is 0 Å². The number of halogens is 10. The molecule has 0 spiro atoms. The van der Waals surface area contributed by atoms with Gasteiger partial charge < -0.3 is 0 Å². The molecule has 0 aliphatic heterocycles. The third kappa shape index (κ3) is 5.58. The molecule has 1 nitrogen and oxygen atoms in total. The van der Waals surface area contributed by atoms with Gasteiger partial charge in [0.1, 0.15) is 0 Å². The molecule has 25 heavy (non-hydrogen) atoms. The van der Waals surface area contributed by atoms with Crippen LogP contribution < -0.4 is 0 Å². The molecule has 0 aliphatic rings. The van der Waals surface area contributed by atoms with Crippen LogP contribution in [0.3, 0.4) is 0 Å². The largest absolute Gasteiger partial charge is 0.237 e. The average molecular weight is 1020 g/mol. The Balaban J connectivity index is 2.29. The predicted octanol–water partition coefficient (Wildman–Crippen LogP) is 12.0. The zero-order valence-corrected chi connectivity index (χ0v) is 28.5. The minimum Gasteiger partial charge on any atom is -0.237 e. The second kappa shape index (κ2) is 11.0. The van der Waals surface area contributed by atoms with E-state index in [4.69, 9.17) is 3.63 Å². The van der Waals surface area contributed by atoms with E-state index in [-0.39, 0.29) is 0 Å². The van der Waals surface area contributed by atoms with Crippen molar-refractivity contribution >= 4 is 183 Å². The van der Waals surface area contributed by atoms with Crippen molar-refractivity contribution in [2.45, 2.75) is 9.79 Å². The van der Waals surface area contributed by atoms with E-state index in [9.17, 15) is 0 Å². The van der Waals surface area contributed by atoms with Gasteiger partial charge in [-0.05, 0) is 159 Å². The smallest absolute Gasteiger partial charge is 0.0674 e. The molecule has 0 aromatic heterocycles.